The van der Waals surface area contributed by atoms with Crippen LogP contribution in [0.4, 0.5) is 0 Å². The molecule has 0 fully saturated rings. The zero-order valence-corrected chi connectivity index (χ0v) is 33.3. The van der Waals surface area contributed by atoms with Crippen LogP contribution in [0.15, 0.2) is 212 Å². The Hall–Kier alpha value is -7.53. The third-order valence-electron chi connectivity index (χ3n) is 12.2. The summed E-state index contributed by atoms with van der Waals surface area (Å²) in [5.74, 6) is 1.97. The molecule has 1 aliphatic carbocycles. The number of fused-ring (bicyclic) bond motifs is 7. The molecule has 11 aromatic rings. The average Bonchev–Trinajstić information content (AvgIpc) is 3.85. The molecule has 0 N–H and O–H groups in total. The van der Waals surface area contributed by atoms with Gasteiger partial charge in [-0.15, -0.1) is 11.3 Å². The molecule has 0 aliphatic heterocycles. The summed E-state index contributed by atoms with van der Waals surface area (Å²) in [5.41, 5.74) is 12.6. The van der Waals surface area contributed by atoms with Crippen LogP contribution in [-0.4, -0.2) is 15.0 Å². The molecule has 0 saturated carbocycles. The van der Waals surface area contributed by atoms with E-state index in [0.717, 1.165) is 27.5 Å². The van der Waals surface area contributed by atoms with Crippen LogP contribution < -0.4 is 0 Å². The highest BCUT2D eigenvalue weighted by atomic mass is 32.1. The second-order valence-electron chi connectivity index (χ2n) is 15.5. The maximum absolute atomic E-state index is 5.05. The molecule has 3 nitrogen and oxygen atoms in total. The molecule has 1 aliphatic rings. The molecule has 0 amide bonds. The van der Waals surface area contributed by atoms with E-state index in [0.29, 0.717) is 17.5 Å². The lowest BCUT2D eigenvalue weighted by molar-refractivity contribution is 0.770. The van der Waals surface area contributed by atoms with Crippen LogP contribution in [-0.2, 0) is 5.41 Å². The molecule has 0 unspecified atom stereocenters. The minimum Gasteiger partial charge on any atom is -0.208 e. The normalized spacial score (nSPS) is 12.8. The molecule has 0 atom stereocenters. The number of aromatic nitrogens is 3. The fraction of sp³-hybridized carbons (Fsp3) is 0.0179. The topological polar surface area (TPSA) is 38.7 Å². The summed E-state index contributed by atoms with van der Waals surface area (Å²) in [4.78, 5) is 15.0. The molecule has 9 aromatic carbocycles. The van der Waals surface area contributed by atoms with Crippen molar-refractivity contribution in [3.05, 3.63) is 235 Å². The van der Waals surface area contributed by atoms with E-state index in [9.17, 15) is 0 Å². The van der Waals surface area contributed by atoms with E-state index in [1.807, 2.05) is 72.0 Å². The van der Waals surface area contributed by atoms with Crippen molar-refractivity contribution in [3.8, 4) is 56.4 Å². The van der Waals surface area contributed by atoms with Crippen molar-refractivity contribution in [2.45, 2.75) is 5.41 Å². The zero-order valence-electron chi connectivity index (χ0n) is 32.5. The molecular formula is C56H35N3S. The minimum absolute atomic E-state index is 0.438. The van der Waals surface area contributed by atoms with Crippen LogP contribution in [0.5, 0.6) is 0 Å². The maximum atomic E-state index is 5.05. The Morgan fingerprint density at radius 1 is 0.317 bits per heavy atom. The van der Waals surface area contributed by atoms with Crippen molar-refractivity contribution in [2.24, 2.45) is 0 Å². The van der Waals surface area contributed by atoms with E-state index in [2.05, 4.69) is 152 Å². The number of benzene rings is 9. The van der Waals surface area contributed by atoms with Gasteiger partial charge >= 0.3 is 0 Å². The highest BCUT2D eigenvalue weighted by molar-refractivity contribution is 7.25. The standard InChI is InChI=1S/C56H35N3S/c1-4-15-36(16-5-1)53-57-54(37-17-6-2-7-18-37)59-55(58-53)46-24-14-19-40-33-38(27-30-43(40)46)39-28-31-51-47(34-39)48-35-42(29-32-52(48)60-51)56(41-20-8-3-9-21-41)49-25-12-10-22-44(49)45-23-11-13-26-50(45)56/h1-35H. The van der Waals surface area contributed by atoms with Crippen molar-refractivity contribution in [2.75, 3.05) is 0 Å². The fourth-order valence-corrected chi connectivity index (χ4v) is 10.6. The highest BCUT2D eigenvalue weighted by Crippen LogP contribution is 2.56. The minimum atomic E-state index is -0.438. The Balaban J connectivity index is 0.990. The van der Waals surface area contributed by atoms with E-state index in [4.69, 9.17) is 15.0 Å². The smallest absolute Gasteiger partial charge is 0.164 e. The van der Waals surface area contributed by atoms with Crippen molar-refractivity contribution in [1.82, 2.24) is 15.0 Å². The first-order valence-corrected chi connectivity index (χ1v) is 21.2. The van der Waals surface area contributed by atoms with Gasteiger partial charge in [-0.25, -0.2) is 15.0 Å². The molecule has 0 saturated heterocycles. The number of rotatable bonds is 6. The average molecular weight is 782 g/mol. The van der Waals surface area contributed by atoms with E-state index in [-0.39, 0.29) is 0 Å². The van der Waals surface area contributed by atoms with E-state index in [1.165, 1.54) is 64.7 Å². The summed E-state index contributed by atoms with van der Waals surface area (Å²) in [6.45, 7) is 0. The largest absolute Gasteiger partial charge is 0.208 e. The molecular weight excluding hydrogens is 747 g/mol. The van der Waals surface area contributed by atoms with Crippen LogP contribution in [0.3, 0.4) is 0 Å². The van der Waals surface area contributed by atoms with Gasteiger partial charge in [-0.2, -0.15) is 0 Å². The zero-order chi connectivity index (χ0) is 39.6. The third kappa shape index (κ3) is 5.38. The van der Waals surface area contributed by atoms with Crippen LogP contribution in [0.2, 0.25) is 0 Å². The quantitative estimate of drug-likeness (QED) is 0.169. The van der Waals surface area contributed by atoms with E-state index < -0.39 is 5.41 Å². The Morgan fingerprint density at radius 2 is 0.833 bits per heavy atom. The summed E-state index contributed by atoms with van der Waals surface area (Å²) in [7, 11) is 0. The van der Waals surface area contributed by atoms with E-state index in [1.54, 1.807) is 0 Å². The highest BCUT2D eigenvalue weighted by Gasteiger charge is 2.46. The van der Waals surface area contributed by atoms with Crippen LogP contribution in [0, 0.1) is 0 Å². The van der Waals surface area contributed by atoms with Gasteiger partial charge in [-0.1, -0.05) is 182 Å². The summed E-state index contributed by atoms with van der Waals surface area (Å²) in [5, 5.41) is 4.79. The number of hydrogen-bond donors (Lipinski definition) is 0. The number of hydrogen-bond acceptors (Lipinski definition) is 4. The van der Waals surface area contributed by atoms with Crippen LogP contribution in [0.1, 0.15) is 22.3 Å². The Labute approximate surface area is 352 Å². The molecule has 2 aromatic heterocycles. The maximum Gasteiger partial charge on any atom is 0.164 e. The molecule has 12 rings (SSSR count). The molecule has 0 bridgehead atoms. The Bertz CT molecular complexity index is 3330. The van der Waals surface area contributed by atoms with E-state index >= 15 is 0 Å². The summed E-state index contributed by atoms with van der Waals surface area (Å²) in [6.07, 6.45) is 0. The molecule has 0 radical (unpaired) electrons. The van der Waals surface area contributed by atoms with Crippen molar-refractivity contribution in [1.29, 1.82) is 0 Å². The fourth-order valence-electron chi connectivity index (χ4n) is 9.49. The van der Waals surface area contributed by atoms with Gasteiger partial charge in [0, 0.05) is 36.9 Å². The lowest BCUT2D eigenvalue weighted by Gasteiger charge is -2.34. The first kappa shape index (κ1) is 34.5. The second-order valence-corrected chi connectivity index (χ2v) is 16.6. The summed E-state index contributed by atoms with van der Waals surface area (Å²) in [6, 6.07) is 76.6. The summed E-state index contributed by atoms with van der Waals surface area (Å²) >= 11 is 1.86. The predicted octanol–water partition coefficient (Wildman–Crippen LogP) is 14.4. The van der Waals surface area contributed by atoms with Crippen LogP contribution in [0.25, 0.3) is 87.4 Å². The molecule has 0 spiro atoms. The third-order valence-corrected chi connectivity index (χ3v) is 13.4. The number of thiophene rings is 1. The van der Waals surface area contributed by atoms with Crippen molar-refractivity contribution >= 4 is 42.3 Å². The second kappa shape index (κ2) is 13.8. The van der Waals surface area contributed by atoms with Gasteiger partial charge in [0.05, 0.1) is 5.41 Å². The molecule has 60 heavy (non-hydrogen) atoms. The van der Waals surface area contributed by atoms with Gasteiger partial charge in [0.2, 0.25) is 0 Å². The van der Waals surface area contributed by atoms with Crippen molar-refractivity contribution in [3.63, 3.8) is 0 Å². The molecule has 2 heterocycles. The van der Waals surface area contributed by atoms with Gasteiger partial charge in [-0.05, 0) is 85.6 Å². The molecule has 280 valence electrons. The van der Waals surface area contributed by atoms with Gasteiger partial charge in [-0.3, -0.25) is 0 Å². The van der Waals surface area contributed by atoms with Gasteiger partial charge < -0.3 is 0 Å². The monoisotopic (exact) mass is 781 g/mol. The first-order valence-electron chi connectivity index (χ1n) is 20.3. The molecule has 4 heteroatoms. The Morgan fingerprint density at radius 3 is 1.50 bits per heavy atom. The Kier molecular flexibility index (Phi) is 7.94. The lowest BCUT2D eigenvalue weighted by atomic mass is 9.67. The van der Waals surface area contributed by atoms with Crippen molar-refractivity contribution < 1.29 is 0 Å². The SMILES string of the molecule is c1ccc(-c2nc(-c3ccccc3)nc(-c3cccc4cc(-c5ccc6sc7ccc(C8(c9ccccc9)c9ccccc9-c9ccccc98)cc7c6c5)ccc34)n2)cc1. The van der Waals surface area contributed by atoms with Gasteiger partial charge in [0.25, 0.3) is 0 Å². The number of nitrogens with zero attached hydrogens (tertiary/aromatic N) is 3. The van der Waals surface area contributed by atoms with Crippen LogP contribution >= 0.6 is 11.3 Å². The summed E-state index contributed by atoms with van der Waals surface area (Å²) < 4.78 is 2.58. The predicted molar refractivity (Wildman–Crippen MR) is 249 cm³/mol. The lowest BCUT2D eigenvalue weighted by Crippen LogP contribution is -2.28. The first-order chi connectivity index (χ1) is 29.7. The van der Waals surface area contributed by atoms with Gasteiger partial charge in [0.15, 0.2) is 17.5 Å². The van der Waals surface area contributed by atoms with Gasteiger partial charge in [0.1, 0.15) is 0 Å².